The topological polar surface area (TPSA) is 49.8 Å². The third-order valence-electron chi connectivity index (χ3n) is 3.19. The number of hydrogen-bond donors (Lipinski definition) is 1. The van der Waals surface area contributed by atoms with E-state index in [1.54, 1.807) is 0 Å². The summed E-state index contributed by atoms with van der Waals surface area (Å²) in [4.78, 5) is 13.6. The highest BCUT2D eigenvalue weighted by Gasteiger charge is 2.36. The van der Waals surface area contributed by atoms with E-state index in [0.717, 1.165) is 10.0 Å². The lowest BCUT2D eigenvalue weighted by molar-refractivity contribution is -0.146. The molecule has 1 aromatic rings. The van der Waals surface area contributed by atoms with Gasteiger partial charge < -0.3 is 9.84 Å². The van der Waals surface area contributed by atoms with Crippen molar-refractivity contribution in [1.29, 1.82) is 0 Å². The van der Waals surface area contributed by atoms with Crippen LogP contribution in [0.25, 0.3) is 0 Å². The third kappa shape index (κ3) is 2.91. The van der Waals surface area contributed by atoms with Gasteiger partial charge in [-0.1, -0.05) is 34.1 Å². The van der Waals surface area contributed by atoms with Gasteiger partial charge in [0.2, 0.25) is 0 Å². The smallest absolute Gasteiger partial charge is 0.323 e. The molecule has 0 bridgehead atoms. The molecule has 0 aromatic heterocycles. The van der Waals surface area contributed by atoms with E-state index in [2.05, 4.69) is 15.9 Å². The van der Waals surface area contributed by atoms with Gasteiger partial charge in [-0.25, -0.2) is 0 Å². The number of β-amino-alcohol motifs (C(OH)–C–C–N with tert-alkyl or cyclic N) is 1. The van der Waals surface area contributed by atoms with Crippen LogP contribution in [0.4, 0.5) is 0 Å². The van der Waals surface area contributed by atoms with Crippen LogP contribution in [0.1, 0.15) is 12.0 Å². The van der Waals surface area contributed by atoms with Gasteiger partial charge in [-0.05, 0) is 11.6 Å². The van der Waals surface area contributed by atoms with Crippen molar-refractivity contribution in [2.24, 2.45) is 0 Å². The predicted octanol–water partition coefficient (Wildman–Crippen LogP) is 1.56. The van der Waals surface area contributed by atoms with Crippen molar-refractivity contribution < 1.29 is 14.6 Å². The molecule has 1 aliphatic heterocycles. The van der Waals surface area contributed by atoms with Crippen molar-refractivity contribution in [2.75, 3.05) is 13.7 Å². The van der Waals surface area contributed by atoms with E-state index in [0.29, 0.717) is 19.5 Å². The van der Waals surface area contributed by atoms with Gasteiger partial charge in [-0.2, -0.15) is 0 Å². The zero-order valence-electron chi connectivity index (χ0n) is 10.2. The SMILES string of the molecule is COC(=O)C1CC(O)CN1Cc1ccccc1Br. The molecule has 18 heavy (non-hydrogen) atoms. The fourth-order valence-corrected chi connectivity index (χ4v) is 2.69. The van der Waals surface area contributed by atoms with E-state index < -0.39 is 6.10 Å². The number of methoxy groups -OCH3 is 1. The molecule has 0 amide bonds. The van der Waals surface area contributed by atoms with Gasteiger partial charge in [0.15, 0.2) is 0 Å². The summed E-state index contributed by atoms with van der Waals surface area (Å²) in [5.41, 5.74) is 1.10. The van der Waals surface area contributed by atoms with Crippen LogP contribution in [0.3, 0.4) is 0 Å². The molecule has 1 fully saturated rings. The summed E-state index contributed by atoms with van der Waals surface area (Å²) in [6, 6.07) is 7.53. The van der Waals surface area contributed by atoms with Crippen LogP contribution in [0, 0.1) is 0 Å². The minimum atomic E-state index is -0.461. The van der Waals surface area contributed by atoms with E-state index in [1.165, 1.54) is 7.11 Å². The monoisotopic (exact) mass is 313 g/mol. The molecule has 0 saturated carbocycles. The van der Waals surface area contributed by atoms with E-state index in [9.17, 15) is 9.90 Å². The minimum absolute atomic E-state index is 0.279. The highest BCUT2D eigenvalue weighted by atomic mass is 79.9. The normalized spacial score (nSPS) is 24.2. The number of rotatable bonds is 3. The lowest BCUT2D eigenvalue weighted by Crippen LogP contribution is -2.36. The largest absolute Gasteiger partial charge is 0.468 e. The van der Waals surface area contributed by atoms with Gasteiger partial charge in [0.05, 0.1) is 13.2 Å². The van der Waals surface area contributed by atoms with Gasteiger partial charge in [0.1, 0.15) is 6.04 Å². The van der Waals surface area contributed by atoms with E-state index >= 15 is 0 Å². The number of esters is 1. The molecule has 2 rings (SSSR count). The second-order valence-corrected chi connectivity index (χ2v) is 5.30. The molecular weight excluding hydrogens is 298 g/mol. The van der Waals surface area contributed by atoms with Crippen molar-refractivity contribution in [3.05, 3.63) is 34.3 Å². The quantitative estimate of drug-likeness (QED) is 0.860. The maximum atomic E-state index is 11.7. The Kier molecular flexibility index (Phi) is 4.37. The number of halogens is 1. The molecule has 98 valence electrons. The number of carbonyl (C=O) groups excluding carboxylic acids is 1. The molecule has 1 N–H and O–H groups in total. The highest BCUT2D eigenvalue weighted by Crippen LogP contribution is 2.24. The zero-order chi connectivity index (χ0) is 13.1. The Bertz CT molecular complexity index is 438. The minimum Gasteiger partial charge on any atom is -0.468 e. The van der Waals surface area contributed by atoms with Gasteiger partial charge in [0, 0.05) is 24.0 Å². The standard InChI is InChI=1S/C13H16BrNO3/c1-18-13(17)12-6-10(16)8-15(12)7-9-4-2-3-5-11(9)14/h2-5,10,12,16H,6-8H2,1H3. The first kappa shape index (κ1) is 13.5. The molecule has 5 heteroatoms. The second-order valence-electron chi connectivity index (χ2n) is 4.45. The number of ether oxygens (including phenoxy) is 1. The first-order valence-electron chi connectivity index (χ1n) is 5.85. The number of hydrogen-bond acceptors (Lipinski definition) is 4. The van der Waals surface area contributed by atoms with E-state index in [-0.39, 0.29) is 12.0 Å². The number of carbonyl (C=O) groups is 1. The van der Waals surface area contributed by atoms with Gasteiger partial charge in [0.25, 0.3) is 0 Å². The Morgan fingerprint density at radius 1 is 1.56 bits per heavy atom. The van der Waals surface area contributed by atoms with Gasteiger partial charge >= 0.3 is 5.97 Å². The molecule has 2 atom stereocenters. The predicted molar refractivity (Wildman–Crippen MR) is 71.0 cm³/mol. The highest BCUT2D eigenvalue weighted by molar-refractivity contribution is 9.10. The summed E-state index contributed by atoms with van der Waals surface area (Å²) in [5, 5.41) is 9.70. The van der Waals surface area contributed by atoms with E-state index in [4.69, 9.17) is 4.74 Å². The van der Waals surface area contributed by atoms with Crippen molar-refractivity contribution in [1.82, 2.24) is 4.90 Å². The van der Waals surface area contributed by atoms with Gasteiger partial charge in [-0.15, -0.1) is 0 Å². The molecule has 4 nitrogen and oxygen atoms in total. The summed E-state index contributed by atoms with van der Waals surface area (Å²) in [7, 11) is 1.38. The number of likely N-dealkylation sites (tertiary alicyclic amines) is 1. The zero-order valence-corrected chi connectivity index (χ0v) is 11.8. The van der Waals surface area contributed by atoms with Crippen LogP contribution in [-0.4, -0.2) is 41.8 Å². The molecule has 0 radical (unpaired) electrons. The van der Waals surface area contributed by atoms with Crippen LogP contribution in [0.15, 0.2) is 28.7 Å². The Balaban J connectivity index is 2.12. The first-order chi connectivity index (χ1) is 8.61. The van der Waals surface area contributed by atoms with Crippen LogP contribution in [-0.2, 0) is 16.1 Å². The van der Waals surface area contributed by atoms with Crippen molar-refractivity contribution in [2.45, 2.75) is 25.1 Å². The molecule has 2 unspecified atom stereocenters. The summed E-state index contributed by atoms with van der Waals surface area (Å²) in [6.07, 6.45) is -0.0199. The summed E-state index contributed by atoms with van der Waals surface area (Å²) in [5.74, 6) is -0.279. The number of benzene rings is 1. The summed E-state index contributed by atoms with van der Waals surface area (Å²) in [6.45, 7) is 1.12. The molecular formula is C13H16BrNO3. The Hall–Kier alpha value is -0.910. The van der Waals surface area contributed by atoms with Gasteiger partial charge in [-0.3, -0.25) is 9.69 Å². The van der Waals surface area contributed by atoms with Crippen LogP contribution >= 0.6 is 15.9 Å². The Morgan fingerprint density at radius 2 is 2.28 bits per heavy atom. The van der Waals surface area contributed by atoms with Crippen LogP contribution in [0.5, 0.6) is 0 Å². The van der Waals surface area contributed by atoms with Crippen molar-refractivity contribution in [3.63, 3.8) is 0 Å². The second kappa shape index (κ2) is 5.82. The lowest BCUT2D eigenvalue weighted by Gasteiger charge is -2.22. The van der Waals surface area contributed by atoms with Crippen molar-refractivity contribution >= 4 is 21.9 Å². The average molecular weight is 314 g/mol. The fourth-order valence-electron chi connectivity index (χ4n) is 2.28. The summed E-state index contributed by atoms with van der Waals surface area (Å²) >= 11 is 3.49. The number of aliphatic hydroxyl groups is 1. The lowest BCUT2D eigenvalue weighted by atomic mass is 10.2. The molecule has 0 spiro atoms. The maximum absolute atomic E-state index is 11.7. The Labute approximate surface area is 115 Å². The van der Waals surface area contributed by atoms with Crippen molar-refractivity contribution in [3.8, 4) is 0 Å². The molecule has 1 heterocycles. The first-order valence-corrected chi connectivity index (χ1v) is 6.64. The Morgan fingerprint density at radius 3 is 2.94 bits per heavy atom. The maximum Gasteiger partial charge on any atom is 0.323 e. The number of nitrogens with zero attached hydrogens (tertiary/aromatic N) is 1. The molecule has 0 aliphatic carbocycles. The molecule has 1 aliphatic rings. The van der Waals surface area contributed by atoms with Crippen LogP contribution in [0.2, 0.25) is 0 Å². The molecule has 1 aromatic carbocycles. The van der Waals surface area contributed by atoms with Crippen LogP contribution < -0.4 is 0 Å². The molecule has 1 saturated heterocycles. The summed E-state index contributed by atoms with van der Waals surface area (Å²) < 4.78 is 5.79. The van der Waals surface area contributed by atoms with E-state index in [1.807, 2.05) is 29.2 Å². The number of aliphatic hydroxyl groups excluding tert-OH is 1. The third-order valence-corrected chi connectivity index (χ3v) is 3.96. The fraction of sp³-hybridized carbons (Fsp3) is 0.462. The average Bonchev–Trinajstić information content (AvgIpc) is 2.72.